The summed E-state index contributed by atoms with van der Waals surface area (Å²) >= 11 is 0. The molecular weight excluding hydrogens is 230 g/mol. The van der Waals surface area contributed by atoms with Crippen molar-refractivity contribution in [2.45, 2.75) is 78.4 Å². The van der Waals surface area contributed by atoms with Gasteiger partial charge in [0, 0.05) is 12.0 Å². The van der Waals surface area contributed by atoms with E-state index < -0.39 is 5.60 Å². The van der Waals surface area contributed by atoms with Crippen molar-refractivity contribution in [3.63, 3.8) is 0 Å². The van der Waals surface area contributed by atoms with Gasteiger partial charge >= 0.3 is 5.97 Å². The Hall–Kier alpha value is -1.06. The Labute approximate surface area is 110 Å². The fourth-order valence-corrected chi connectivity index (χ4v) is 1.43. The molecule has 0 heterocycles. The predicted octanol–water partition coefficient (Wildman–Crippen LogP) is 2.80. The highest BCUT2D eigenvalue weighted by Crippen LogP contribution is 2.14. The van der Waals surface area contributed by atoms with Crippen molar-refractivity contribution in [3.05, 3.63) is 0 Å². The molecule has 0 atom stereocenters. The lowest BCUT2D eigenvalue weighted by Crippen LogP contribution is -2.45. The largest absolute Gasteiger partial charge is 0.460 e. The molecule has 0 rings (SSSR count). The lowest BCUT2D eigenvalue weighted by Gasteiger charge is -2.28. The van der Waals surface area contributed by atoms with Crippen LogP contribution in [0, 0.1) is 0 Å². The molecule has 0 radical (unpaired) electrons. The zero-order valence-electron chi connectivity index (χ0n) is 12.6. The van der Waals surface area contributed by atoms with Gasteiger partial charge in [-0.25, -0.2) is 0 Å². The first-order valence-electron chi connectivity index (χ1n) is 6.64. The molecule has 4 heteroatoms. The molecule has 0 aromatic carbocycles. The summed E-state index contributed by atoms with van der Waals surface area (Å²) in [5, 5.41) is 2.96. The number of nitrogens with one attached hydrogen (secondary N) is 1. The fraction of sp³-hybridized carbons (Fsp3) is 0.857. The van der Waals surface area contributed by atoms with Gasteiger partial charge in [-0.3, -0.25) is 9.59 Å². The van der Waals surface area contributed by atoms with E-state index in [9.17, 15) is 9.59 Å². The highest BCUT2D eigenvalue weighted by molar-refractivity contribution is 5.81. The second-order valence-corrected chi connectivity index (χ2v) is 5.90. The van der Waals surface area contributed by atoms with Crippen molar-refractivity contribution >= 4 is 11.9 Å². The molecule has 0 aromatic rings. The SMILES string of the molecule is CCC(C)(CC)NC(=O)CCC(=O)OC(C)(C)C. The maximum atomic E-state index is 11.7. The monoisotopic (exact) mass is 257 g/mol. The van der Waals surface area contributed by atoms with Crippen LogP contribution in [0.15, 0.2) is 0 Å². The van der Waals surface area contributed by atoms with Crippen molar-refractivity contribution in [3.8, 4) is 0 Å². The van der Waals surface area contributed by atoms with Gasteiger partial charge in [-0.2, -0.15) is 0 Å². The lowest BCUT2D eigenvalue weighted by atomic mass is 9.95. The van der Waals surface area contributed by atoms with Crippen LogP contribution in [0.4, 0.5) is 0 Å². The van der Waals surface area contributed by atoms with E-state index in [4.69, 9.17) is 4.74 Å². The Morgan fingerprint density at radius 3 is 1.89 bits per heavy atom. The number of esters is 1. The second-order valence-electron chi connectivity index (χ2n) is 5.90. The van der Waals surface area contributed by atoms with Crippen molar-refractivity contribution in [1.29, 1.82) is 0 Å². The van der Waals surface area contributed by atoms with Gasteiger partial charge in [0.2, 0.25) is 5.91 Å². The Balaban J connectivity index is 4.08. The summed E-state index contributed by atoms with van der Waals surface area (Å²) in [7, 11) is 0. The molecule has 0 fully saturated rings. The molecule has 0 aromatic heterocycles. The number of hydrogen-bond acceptors (Lipinski definition) is 3. The third kappa shape index (κ3) is 7.30. The van der Waals surface area contributed by atoms with Gasteiger partial charge in [-0.15, -0.1) is 0 Å². The van der Waals surface area contributed by atoms with Gasteiger partial charge in [0.1, 0.15) is 5.60 Å². The second kappa shape index (κ2) is 6.76. The van der Waals surface area contributed by atoms with Gasteiger partial charge in [-0.05, 0) is 40.5 Å². The molecule has 106 valence electrons. The maximum absolute atomic E-state index is 11.7. The minimum Gasteiger partial charge on any atom is -0.460 e. The summed E-state index contributed by atoms with van der Waals surface area (Å²) < 4.78 is 5.15. The predicted molar refractivity (Wildman–Crippen MR) is 72.2 cm³/mol. The summed E-state index contributed by atoms with van der Waals surface area (Å²) in [4.78, 5) is 23.2. The average molecular weight is 257 g/mol. The van der Waals surface area contributed by atoms with Crippen LogP contribution in [0.25, 0.3) is 0 Å². The van der Waals surface area contributed by atoms with Crippen LogP contribution in [0.1, 0.15) is 67.2 Å². The van der Waals surface area contributed by atoms with Crippen LogP contribution < -0.4 is 5.32 Å². The first-order valence-corrected chi connectivity index (χ1v) is 6.64. The number of rotatable bonds is 6. The van der Waals surface area contributed by atoms with E-state index >= 15 is 0 Å². The van der Waals surface area contributed by atoms with Gasteiger partial charge in [0.25, 0.3) is 0 Å². The van der Waals surface area contributed by atoms with Crippen LogP contribution >= 0.6 is 0 Å². The molecule has 0 spiro atoms. The summed E-state index contributed by atoms with van der Waals surface area (Å²) in [6, 6.07) is 0. The Bertz CT molecular complexity index is 288. The number of hydrogen-bond donors (Lipinski definition) is 1. The van der Waals surface area contributed by atoms with Crippen LogP contribution in [0.3, 0.4) is 0 Å². The molecule has 0 bridgehead atoms. The van der Waals surface area contributed by atoms with Crippen LogP contribution in [0.2, 0.25) is 0 Å². The number of amides is 1. The molecule has 0 saturated heterocycles. The van der Waals surface area contributed by atoms with Crippen molar-refractivity contribution in [2.24, 2.45) is 0 Å². The van der Waals surface area contributed by atoms with Gasteiger partial charge in [0.15, 0.2) is 0 Å². The van der Waals surface area contributed by atoms with Gasteiger partial charge in [0.05, 0.1) is 6.42 Å². The quantitative estimate of drug-likeness (QED) is 0.744. The third-order valence-corrected chi connectivity index (χ3v) is 2.98. The molecule has 0 saturated carbocycles. The smallest absolute Gasteiger partial charge is 0.306 e. The van der Waals surface area contributed by atoms with E-state index in [1.165, 1.54) is 0 Å². The third-order valence-electron chi connectivity index (χ3n) is 2.98. The van der Waals surface area contributed by atoms with Gasteiger partial charge in [-0.1, -0.05) is 13.8 Å². The Kier molecular flexibility index (Phi) is 6.36. The minimum atomic E-state index is -0.491. The van der Waals surface area contributed by atoms with E-state index in [2.05, 4.69) is 5.32 Å². The minimum absolute atomic E-state index is 0.0907. The van der Waals surface area contributed by atoms with Crippen LogP contribution in [-0.2, 0) is 14.3 Å². The van der Waals surface area contributed by atoms with E-state index in [0.717, 1.165) is 12.8 Å². The lowest BCUT2D eigenvalue weighted by molar-refractivity contribution is -0.155. The van der Waals surface area contributed by atoms with E-state index in [1.807, 2.05) is 41.5 Å². The number of carbonyl (C=O) groups excluding carboxylic acids is 2. The number of ether oxygens (including phenoxy) is 1. The Morgan fingerprint density at radius 2 is 1.50 bits per heavy atom. The first kappa shape index (κ1) is 16.9. The molecular formula is C14H27NO3. The summed E-state index contributed by atoms with van der Waals surface area (Å²) in [6.07, 6.45) is 2.07. The average Bonchev–Trinajstić information content (AvgIpc) is 2.24. The summed E-state index contributed by atoms with van der Waals surface area (Å²) in [5.41, 5.74) is -0.667. The van der Waals surface area contributed by atoms with E-state index in [1.54, 1.807) is 0 Å². The van der Waals surface area contributed by atoms with Crippen LogP contribution in [0.5, 0.6) is 0 Å². The molecule has 0 aliphatic carbocycles. The molecule has 4 nitrogen and oxygen atoms in total. The maximum Gasteiger partial charge on any atom is 0.306 e. The van der Waals surface area contributed by atoms with E-state index in [-0.39, 0.29) is 30.3 Å². The molecule has 1 N–H and O–H groups in total. The fourth-order valence-electron chi connectivity index (χ4n) is 1.43. The normalized spacial score (nSPS) is 12.1. The van der Waals surface area contributed by atoms with Crippen molar-refractivity contribution in [2.75, 3.05) is 0 Å². The zero-order valence-corrected chi connectivity index (χ0v) is 12.6. The van der Waals surface area contributed by atoms with Crippen molar-refractivity contribution in [1.82, 2.24) is 5.32 Å². The topological polar surface area (TPSA) is 55.4 Å². The molecule has 1 amide bonds. The molecule has 0 unspecified atom stereocenters. The molecule has 18 heavy (non-hydrogen) atoms. The highest BCUT2D eigenvalue weighted by Gasteiger charge is 2.23. The standard InChI is InChI=1S/C14H27NO3/c1-7-14(6,8-2)15-11(16)9-10-12(17)18-13(3,4)5/h7-10H2,1-6H3,(H,15,16). The summed E-state index contributed by atoms with van der Waals surface area (Å²) in [6.45, 7) is 11.5. The number of carbonyl (C=O) groups is 2. The summed E-state index contributed by atoms with van der Waals surface area (Å²) in [5.74, 6) is -0.417. The van der Waals surface area contributed by atoms with Gasteiger partial charge < -0.3 is 10.1 Å². The zero-order chi connectivity index (χ0) is 14.4. The first-order chi connectivity index (χ1) is 8.12. The van der Waals surface area contributed by atoms with Crippen LogP contribution in [-0.4, -0.2) is 23.0 Å². The molecule has 0 aliphatic rings. The van der Waals surface area contributed by atoms with Crippen molar-refractivity contribution < 1.29 is 14.3 Å². The molecule has 0 aliphatic heterocycles. The Morgan fingerprint density at radius 1 is 1.00 bits per heavy atom. The van der Waals surface area contributed by atoms with E-state index in [0.29, 0.717) is 0 Å². The highest BCUT2D eigenvalue weighted by atomic mass is 16.6.